The van der Waals surface area contributed by atoms with Crippen LogP contribution in [0.25, 0.3) is 0 Å². The summed E-state index contributed by atoms with van der Waals surface area (Å²) in [6.45, 7) is 0.217. The molecule has 0 bridgehead atoms. The number of aromatic nitrogens is 1. The summed E-state index contributed by atoms with van der Waals surface area (Å²) in [4.78, 5) is 16.6. The van der Waals surface area contributed by atoms with Crippen LogP contribution in [0.4, 0.5) is 4.39 Å². The average molecular weight is 378 g/mol. The second-order valence-electron chi connectivity index (χ2n) is 5.60. The van der Waals surface area contributed by atoms with Crippen molar-refractivity contribution < 1.29 is 9.18 Å². The van der Waals surface area contributed by atoms with Crippen LogP contribution in [-0.2, 0) is 6.42 Å². The Hall–Kier alpha value is -2.64. The first-order chi connectivity index (χ1) is 12.5. The molecule has 0 aliphatic carbocycles. The molecule has 1 aromatic carbocycles. The lowest BCUT2D eigenvalue weighted by Crippen LogP contribution is -2.41. The fraction of sp³-hybridized carbons (Fsp3) is 0.222. The molecule has 0 spiro atoms. The van der Waals surface area contributed by atoms with Crippen molar-refractivity contribution in [2.75, 3.05) is 13.6 Å². The molecule has 0 aliphatic rings. The van der Waals surface area contributed by atoms with Crippen LogP contribution >= 0.6 is 11.6 Å². The summed E-state index contributed by atoms with van der Waals surface area (Å²) in [5, 5.41) is 3.16. The minimum absolute atomic E-state index is 0.217. The zero-order chi connectivity index (χ0) is 19.1. The summed E-state index contributed by atoms with van der Waals surface area (Å²) >= 11 is 6.18. The SMILES string of the molecule is CN=C(C=CN)n1cc(C(=O)N[C@H](CN)Cc2cccc(F)c2)cc1Cl. The number of aliphatic imine (C=N–C) groups is 1. The number of carbonyl (C=O) groups excluding carboxylic acids is 1. The number of nitrogens with two attached hydrogens (primary N) is 2. The fourth-order valence-electron chi connectivity index (χ4n) is 2.49. The van der Waals surface area contributed by atoms with Gasteiger partial charge in [-0.3, -0.25) is 14.4 Å². The maximum atomic E-state index is 13.3. The van der Waals surface area contributed by atoms with Crippen LogP contribution in [0.1, 0.15) is 15.9 Å². The van der Waals surface area contributed by atoms with Gasteiger partial charge in [0.1, 0.15) is 16.8 Å². The Labute approximate surface area is 156 Å². The smallest absolute Gasteiger partial charge is 0.253 e. The molecule has 0 fully saturated rings. The molecule has 0 aliphatic heterocycles. The lowest BCUT2D eigenvalue weighted by Gasteiger charge is -2.16. The van der Waals surface area contributed by atoms with Gasteiger partial charge in [-0.15, -0.1) is 0 Å². The Bertz CT molecular complexity index is 831. The van der Waals surface area contributed by atoms with Gasteiger partial charge in [-0.25, -0.2) is 4.39 Å². The monoisotopic (exact) mass is 377 g/mol. The van der Waals surface area contributed by atoms with Crippen molar-refractivity contribution in [3.8, 4) is 0 Å². The number of nitrogens with zero attached hydrogens (tertiary/aromatic N) is 2. The molecule has 1 aromatic heterocycles. The number of carbonyl (C=O) groups is 1. The fourth-order valence-corrected chi connectivity index (χ4v) is 2.75. The van der Waals surface area contributed by atoms with Gasteiger partial charge in [0, 0.05) is 25.8 Å². The van der Waals surface area contributed by atoms with Crippen LogP contribution in [0.15, 0.2) is 53.8 Å². The van der Waals surface area contributed by atoms with E-state index in [-0.39, 0.29) is 24.3 Å². The van der Waals surface area contributed by atoms with E-state index in [4.69, 9.17) is 23.1 Å². The van der Waals surface area contributed by atoms with Crippen LogP contribution in [0.3, 0.4) is 0 Å². The molecule has 26 heavy (non-hydrogen) atoms. The molecule has 1 atom stereocenters. The molecular formula is C18H21ClFN5O. The third kappa shape index (κ3) is 4.93. The zero-order valence-electron chi connectivity index (χ0n) is 14.3. The Balaban J connectivity index is 2.13. The van der Waals surface area contributed by atoms with Crippen molar-refractivity contribution in [3.63, 3.8) is 0 Å². The van der Waals surface area contributed by atoms with E-state index < -0.39 is 0 Å². The predicted octanol–water partition coefficient (Wildman–Crippen LogP) is 1.93. The van der Waals surface area contributed by atoms with Crippen molar-refractivity contribution >= 4 is 23.3 Å². The first-order valence-corrected chi connectivity index (χ1v) is 8.35. The summed E-state index contributed by atoms with van der Waals surface area (Å²) in [7, 11) is 1.59. The van der Waals surface area contributed by atoms with E-state index in [0.717, 1.165) is 5.56 Å². The van der Waals surface area contributed by atoms with E-state index in [9.17, 15) is 9.18 Å². The van der Waals surface area contributed by atoms with E-state index >= 15 is 0 Å². The van der Waals surface area contributed by atoms with Gasteiger partial charge in [0.2, 0.25) is 0 Å². The summed E-state index contributed by atoms with van der Waals surface area (Å²) in [6.07, 6.45) is 4.89. The minimum Gasteiger partial charge on any atom is -0.404 e. The molecule has 1 amide bonds. The highest BCUT2D eigenvalue weighted by molar-refractivity contribution is 6.31. The van der Waals surface area contributed by atoms with E-state index in [2.05, 4.69) is 10.3 Å². The Kier molecular flexibility index (Phi) is 6.94. The maximum Gasteiger partial charge on any atom is 0.253 e. The van der Waals surface area contributed by atoms with Crippen molar-refractivity contribution in [1.82, 2.24) is 9.88 Å². The molecule has 6 nitrogen and oxygen atoms in total. The summed E-state index contributed by atoms with van der Waals surface area (Å²) in [5.74, 6) is -0.163. The van der Waals surface area contributed by atoms with E-state index in [1.165, 1.54) is 24.4 Å². The van der Waals surface area contributed by atoms with E-state index in [0.29, 0.717) is 23.0 Å². The third-order valence-electron chi connectivity index (χ3n) is 3.75. The number of hydrogen-bond acceptors (Lipinski definition) is 4. The second kappa shape index (κ2) is 9.17. The highest BCUT2D eigenvalue weighted by Gasteiger charge is 2.17. The number of halogens is 2. The first kappa shape index (κ1) is 19.7. The number of benzene rings is 1. The van der Waals surface area contributed by atoms with E-state index in [1.807, 2.05) is 0 Å². The molecule has 0 unspecified atom stereocenters. The van der Waals surface area contributed by atoms with Crippen molar-refractivity contribution in [2.24, 2.45) is 16.5 Å². The quantitative estimate of drug-likeness (QED) is 0.530. The van der Waals surface area contributed by atoms with Gasteiger partial charge in [0.25, 0.3) is 5.91 Å². The van der Waals surface area contributed by atoms with Gasteiger partial charge < -0.3 is 16.8 Å². The van der Waals surface area contributed by atoms with Gasteiger partial charge >= 0.3 is 0 Å². The number of amides is 1. The zero-order valence-corrected chi connectivity index (χ0v) is 15.1. The van der Waals surface area contributed by atoms with Gasteiger partial charge in [-0.2, -0.15) is 0 Å². The second-order valence-corrected chi connectivity index (χ2v) is 5.99. The number of nitrogens with one attached hydrogen (secondary N) is 1. The van der Waals surface area contributed by atoms with Gasteiger partial charge in [0.05, 0.1) is 5.56 Å². The third-order valence-corrected chi connectivity index (χ3v) is 4.04. The molecule has 5 N–H and O–H groups in total. The lowest BCUT2D eigenvalue weighted by molar-refractivity contribution is 0.0938. The Morgan fingerprint density at radius 1 is 1.46 bits per heavy atom. The summed E-state index contributed by atoms with van der Waals surface area (Å²) < 4.78 is 14.9. The van der Waals surface area contributed by atoms with Crippen LogP contribution in [0.5, 0.6) is 0 Å². The van der Waals surface area contributed by atoms with Crippen molar-refractivity contribution in [2.45, 2.75) is 12.5 Å². The molecule has 1 heterocycles. The topological polar surface area (TPSA) is 98.4 Å². The predicted molar refractivity (Wildman–Crippen MR) is 102 cm³/mol. The van der Waals surface area contributed by atoms with Crippen molar-refractivity contribution in [1.29, 1.82) is 0 Å². The lowest BCUT2D eigenvalue weighted by atomic mass is 10.1. The van der Waals surface area contributed by atoms with Crippen LogP contribution in [0, 0.1) is 5.82 Å². The van der Waals surface area contributed by atoms with E-state index in [1.54, 1.807) is 36.0 Å². The summed E-state index contributed by atoms with van der Waals surface area (Å²) in [6, 6.07) is 7.39. The molecular weight excluding hydrogens is 357 g/mol. The molecule has 2 aromatic rings. The normalized spacial score (nSPS) is 13.2. The highest BCUT2D eigenvalue weighted by atomic mass is 35.5. The molecule has 0 radical (unpaired) electrons. The minimum atomic E-state index is -0.338. The number of hydrogen-bond donors (Lipinski definition) is 3. The molecule has 2 rings (SSSR count). The van der Waals surface area contributed by atoms with Crippen LogP contribution in [-0.4, -0.2) is 35.9 Å². The standard InChI is InChI=1S/C18H21ClFN5O/c1-23-17(5-6-21)25-11-13(9-16(25)19)18(26)24-15(10-22)8-12-3-2-4-14(20)7-12/h2-7,9,11,15H,8,10,21-22H2,1H3,(H,24,26)/t15-/m0/s1. The molecule has 8 heteroatoms. The highest BCUT2D eigenvalue weighted by Crippen LogP contribution is 2.16. The van der Waals surface area contributed by atoms with Gasteiger partial charge in [-0.05, 0) is 42.5 Å². The summed E-state index contributed by atoms with van der Waals surface area (Å²) in [5.41, 5.74) is 12.3. The first-order valence-electron chi connectivity index (χ1n) is 7.97. The van der Waals surface area contributed by atoms with Crippen LogP contribution in [0.2, 0.25) is 5.15 Å². The van der Waals surface area contributed by atoms with Crippen LogP contribution < -0.4 is 16.8 Å². The van der Waals surface area contributed by atoms with Gasteiger partial charge in [0.15, 0.2) is 0 Å². The average Bonchev–Trinajstić information content (AvgIpc) is 3.00. The van der Waals surface area contributed by atoms with Crippen molar-refractivity contribution in [3.05, 3.63) is 70.9 Å². The molecule has 0 saturated heterocycles. The largest absolute Gasteiger partial charge is 0.404 e. The molecule has 138 valence electrons. The Morgan fingerprint density at radius 3 is 2.85 bits per heavy atom. The van der Waals surface area contributed by atoms with Gasteiger partial charge in [-0.1, -0.05) is 23.7 Å². The number of rotatable bonds is 6. The number of allylic oxidation sites excluding steroid dienone is 1. The maximum absolute atomic E-state index is 13.3. The molecule has 0 saturated carbocycles. The Morgan fingerprint density at radius 2 is 2.23 bits per heavy atom.